The monoisotopic (exact) mass is 338 g/mol. The standard InChI is InChI=1S/C7H3BrClF3O3S/c8-5-3-4(1-2-6(5)9)15-16(13,14)7(10,11)12/h1-3H. The third-order valence-corrected chi connectivity index (χ3v) is 3.57. The van der Waals surface area contributed by atoms with Crippen LogP contribution in [0.15, 0.2) is 22.7 Å². The lowest BCUT2D eigenvalue weighted by atomic mass is 10.3. The molecule has 0 heterocycles. The highest BCUT2D eigenvalue weighted by atomic mass is 79.9. The van der Waals surface area contributed by atoms with E-state index in [9.17, 15) is 21.6 Å². The molecule has 0 N–H and O–H groups in total. The molecular formula is C7H3BrClF3O3S. The Balaban J connectivity index is 3.03. The van der Waals surface area contributed by atoms with Crippen LogP contribution in [-0.2, 0) is 10.1 Å². The van der Waals surface area contributed by atoms with Gasteiger partial charge in [0.05, 0.1) is 5.02 Å². The van der Waals surface area contributed by atoms with Gasteiger partial charge >= 0.3 is 15.6 Å². The maximum absolute atomic E-state index is 11.9. The Bertz CT molecular complexity index is 500. The Morgan fingerprint density at radius 3 is 2.31 bits per heavy atom. The van der Waals surface area contributed by atoms with Crippen LogP contribution in [0.25, 0.3) is 0 Å². The summed E-state index contributed by atoms with van der Waals surface area (Å²) in [4.78, 5) is 0. The van der Waals surface area contributed by atoms with Gasteiger partial charge in [0, 0.05) is 4.47 Å². The van der Waals surface area contributed by atoms with Crippen LogP contribution >= 0.6 is 27.5 Å². The van der Waals surface area contributed by atoms with Crippen LogP contribution in [0.3, 0.4) is 0 Å². The van der Waals surface area contributed by atoms with E-state index in [4.69, 9.17) is 11.6 Å². The van der Waals surface area contributed by atoms with Crippen molar-refractivity contribution < 1.29 is 25.8 Å². The van der Waals surface area contributed by atoms with Gasteiger partial charge in [0.2, 0.25) is 0 Å². The number of hydrogen-bond acceptors (Lipinski definition) is 3. The zero-order chi connectivity index (χ0) is 12.6. The van der Waals surface area contributed by atoms with Gasteiger partial charge in [-0.1, -0.05) is 11.6 Å². The van der Waals surface area contributed by atoms with Crippen molar-refractivity contribution in [3.63, 3.8) is 0 Å². The van der Waals surface area contributed by atoms with Crippen LogP contribution in [0.4, 0.5) is 13.2 Å². The van der Waals surface area contributed by atoms with Gasteiger partial charge in [-0.05, 0) is 34.1 Å². The number of hydrogen-bond donors (Lipinski definition) is 0. The van der Waals surface area contributed by atoms with E-state index < -0.39 is 21.4 Å². The molecule has 1 rings (SSSR count). The molecular weight excluding hydrogens is 336 g/mol. The number of halogens is 5. The molecule has 0 amide bonds. The molecule has 0 unspecified atom stereocenters. The molecule has 0 radical (unpaired) electrons. The largest absolute Gasteiger partial charge is 0.534 e. The summed E-state index contributed by atoms with van der Waals surface area (Å²) in [5, 5.41) is 0.219. The highest BCUT2D eigenvalue weighted by molar-refractivity contribution is 9.10. The van der Waals surface area contributed by atoms with Crippen molar-refractivity contribution >= 4 is 37.6 Å². The zero-order valence-corrected chi connectivity index (χ0v) is 10.4. The predicted molar refractivity (Wildman–Crippen MR) is 54.8 cm³/mol. The first-order valence-corrected chi connectivity index (χ1v) is 6.17. The highest BCUT2D eigenvalue weighted by Crippen LogP contribution is 2.31. The summed E-state index contributed by atoms with van der Waals surface area (Å²) in [6, 6.07) is 3.23. The fourth-order valence-electron chi connectivity index (χ4n) is 0.703. The summed E-state index contributed by atoms with van der Waals surface area (Å²) in [5.41, 5.74) is -5.46. The maximum Gasteiger partial charge on any atom is 0.534 e. The van der Waals surface area contributed by atoms with E-state index in [-0.39, 0.29) is 9.50 Å². The first kappa shape index (κ1) is 13.6. The van der Waals surface area contributed by atoms with Crippen molar-refractivity contribution in [1.82, 2.24) is 0 Å². The average molecular weight is 340 g/mol. The van der Waals surface area contributed by atoms with Crippen LogP contribution in [0.1, 0.15) is 0 Å². The smallest absolute Gasteiger partial charge is 0.376 e. The molecule has 0 aliphatic rings. The zero-order valence-electron chi connectivity index (χ0n) is 7.25. The molecule has 0 bridgehead atoms. The van der Waals surface area contributed by atoms with Crippen LogP contribution in [0.2, 0.25) is 5.02 Å². The third-order valence-electron chi connectivity index (χ3n) is 1.38. The summed E-state index contributed by atoms with van der Waals surface area (Å²) in [6.45, 7) is 0. The van der Waals surface area contributed by atoms with E-state index in [0.29, 0.717) is 0 Å². The predicted octanol–water partition coefficient (Wildman–Crippen LogP) is 3.33. The Kier molecular flexibility index (Phi) is 3.76. The van der Waals surface area contributed by atoms with Gasteiger partial charge in [0.25, 0.3) is 0 Å². The normalized spacial score (nSPS) is 12.6. The van der Waals surface area contributed by atoms with Gasteiger partial charge in [-0.3, -0.25) is 0 Å². The molecule has 0 aliphatic heterocycles. The number of alkyl halides is 3. The second-order valence-corrected chi connectivity index (χ2v) is 5.36. The molecule has 90 valence electrons. The van der Waals surface area contributed by atoms with E-state index in [1.54, 1.807) is 0 Å². The molecule has 0 aliphatic carbocycles. The second kappa shape index (κ2) is 4.42. The van der Waals surface area contributed by atoms with Gasteiger partial charge in [-0.15, -0.1) is 0 Å². The molecule has 1 aromatic rings. The summed E-state index contributed by atoms with van der Waals surface area (Å²) in [6.07, 6.45) is 0. The topological polar surface area (TPSA) is 43.4 Å². The molecule has 0 fully saturated rings. The van der Waals surface area contributed by atoms with E-state index in [2.05, 4.69) is 20.1 Å². The first-order valence-electron chi connectivity index (χ1n) is 3.59. The number of rotatable bonds is 2. The minimum absolute atomic E-state index is 0.219. The van der Waals surface area contributed by atoms with Gasteiger partial charge in [0.1, 0.15) is 5.75 Å². The minimum atomic E-state index is -5.64. The Labute approximate surface area is 102 Å². The minimum Gasteiger partial charge on any atom is -0.376 e. The van der Waals surface area contributed by atoms with Gasteiger partial charge in [-0.2, -0.15) is 21.6 Å². The van der Waals surface area contributed by atoms with Crippen molar-refractivity contribution in [1.29, 1.82) is 0 Å². The molecule has 0 saturated carbocycles. The molecule has 1 aromatic carbocycles. The highest BCUT2D eigenvalue weighted by Gasteiger charge is 2.48. The molecule has 0 aromatic heterocycles. The average Bonchev–Trinajstić information content (AvgIpc) is 2.09. The van der Waals surface area contributed by atoms with Crippen LogP contribution in [-0.4, -0.2) is 13.9 Å². The van der Waals surface area contributed by atoms with Crippen molar-refractivity contribution in [2.24, 2.45) is 0 Å². The fourth-order valence-corrected chi connectivity index (χ4v) is 1.63. The second-order valence-electron chi connectivity index (χ2n) is 2.56. The lowest BCUT2D eigenvalue weighted by molar-refractivity contribution is -0.0500. The maximum atomic E-state index is 11.9. The van der Waals surface area contributed by atoms with Crippen molar-refractivity contribution in [2.75, 3.05) is 0 Å². The van der Waals surface area contributed by atoms with Gasteiger partial charge in [0.15, 0.2) is 0 Å². The molecule has 0 atom stereocenters. The van der Waals surface area contributed by atoms with E-state index in [0.717, 1.165) is 12.1 Å². The van der Waals surface area contributed by atoms with Crippen LogP contribution in [0.5, 0.6) is 5.75 Å². The van der Waals surface area contributed by atoms with E-state index >= 15 is 0 Å². The lowest BCUT2D eigenvalue weighted by Crippen LogP contribution is -2.28. The summed E-state index contributed by atoms with van der Waals surface area (Å²) in [5.74, 6) is -0.478. The molecule has 16 heavy (non-hydrogen) atoms. The number of benzene rings is 1. The SMILES string of the molecule is O=S(=O)(Oc1ccc(Cl)c(Br)c1)C(F)(F)F. The van der Waals surface area contributed by atoms with E-state index in [1.807, 2.05) is 0 Å². The summed E-state index contributed by atoms with van der Waals surface area (Å²) >= 11 is 8.48. The third kappa shape index (κ3) is 3.02. The van der Waals surface area contributed by atoms with Gasteiger partial charge < -0.3 is 4.18 Å². The van der Waals surface area contributed by atoms with Crippen molar-refractivity contribution in [2.45, 2.75) is 5.51 Å². The molecule has 0 saturated heterocycles. The summed E-state index contributed by atoms with van der Waals surface area (Å²) < 4.78 is 61.2. The molecule has 0 spiro atoms. The van der Waals surface area contributed by atoms with Crippen LogP contribution in [0, 0.1) is 0 Å². The first-order chi connectivity index (χ1) is 7.13. The van der Waals surface area contributed by atoms with Crippen LogP contribution < -0.4 is 4.18 Å². The van der Waals surface area contributed by atoms with Crippen molar-refractivity contribution in [3.05, 3.63) is 27.7 Å². The quantitative estimate of drug-likeness (QED) is 0.613. The molecule has 3 nitrogen and oxygen atoms in total. The summed E-state index contributed by atoms with van der Waals surface area (Å²) in [7, 11) is -5.64. The Morgan fingerprint density at radius 2 is 1.88 bits per heavy atom. The van der Waals surface area contributed by atoms with Crippen molar-refractivity contribution in [3.8, 4) is 5.75 Å². The molecule has 9 heteroatoms. The fraction of sp³-hybridized carbons (Fsp3) is 0.143. The lowest BCUT2D eigenvalue weighted by Gasteiger charge is -2.09. The van der Waals surface area contributed by atoms with Gasteiger partial charge in [-0.25, -0.2) is 0 Å². The Hall–Kier alpha value is -0.470. The van der Waals surface area contributed by atoms with E-state index in [1.165, 1.54) is 6.07 Å². The Morgan fingerprint density at radius 1 is 1.31 bits per heavy atom.